The highest BCUT2D eigenvalue weighted by Gasteiger charge is 2.15. The van der Waals surface area contributed by atoms with Crippen LogP contribution < -0.4 is 4.74 Å². The van der Waals surface area contributed by atoms with Crippen molar-refractivity contribution in [1.82, 2.24) is 9.78 Å². The lowest BCUT2D eigenvalue weighted by molar-refractivity contribution is 0.0689. The van der Waals surface area contributed by atoms with Gasteiger partial charge in [0.05, 0.1) is 13.7 Å². The topological polar surface area (TPSA) is 64.4 Å². The van der Waals surface area contributed by atoms with E-state index < -0.39 is 5.97 Å². The van der Waals surface area contributed by atoms with Crippen molar-refractivity contribution in [1.29, 1.82) is 0 Å². The molecule has 0 aliphatic carbocycles. The molecular formula is C15H18N2O3. The predicted molar refractivity (Wildman–Crippen MR) is 75.4 cm³/mol. The molecule has 0 unspecified atom stereocenters. The summed E-state index contributed by atoms with van der Waals surface area (Å²) in [5, 5.41) is 13.2. The zero-order valence-corrected chi connectivity index (χ0v) is 11.8. The molecule has 0 fully saturated rings. The summed E-state index contributed by atoms with van der Waals surface area (Å²) in [4.78, 5) is 11.0. The predicted octanol–water partition coefficient (Wildman–Crippen LogP) is 2.76. The van der Waals surface area contributed by atoms with E-state index >= 15 is 0 Å². The van der Waals surface area contributed by atoms with Crippen molar-refractivity contribution in [2.24, 2.45) is 0 Å². The maximum absolute atomic E-state index is 11.0. The van der Waals surface area contributed by atoms with Gasteiger partial charge < -0.3 is 9.84 Å². The van der Waals surface area contributed by atoms with Crippen molar-refractivity contribution in [2.75, 3.05) is 7.11 Å². The number of carbonyl (C=O) groups is 1. The summed E-state index contributed by atoms with van der Waals surface area (Å²) in [6, 6.07) is 9.30. The van der Waals surface area contributed by atoms with Gasteiger partial charge in [0, 0.05) is 5.69 Å². The summed E-state index contributed by atoms with van der Waals surface area (Å²) in [7, 11) is 1.62. The molecule has 0 atom stereocenters. The number of ether oxygens (including phenoxy) is 1. The second kappa shape index (κ2) is 5.77. The highest BCUT2D eigenvalue weighted by atomic mass is 16.5. The quantitative estimate of drug-likeness (QED) is 0.910. The third-order valence-electron chi connectivity index (χ3n) is 3.09. The van der Waals surface area contributed by atoms with Gasteiger partial charge in [0.2, 0.25) is 0 Å². The first-order valence-electron chi connectivity index (χ1n) is 6.45. The molecule has 0 amide bonds. The largest absolute Gasteiger partial charge is 0.497 e. The number of nitrogens with zero attached hydrogens (tertiary/aromatic N) is 2. The van der Waals surface area contributed by atoms with E-state index in [0.29, 0.717) is 6.54 Å². The van der Waals surface area contributed by atoms with Gasteiger partial charge in [-0.3, -0.25) is 4.68 Å². The monoisotopic (exact) mass is 274 g/mol. The zero-order valence-electron chi connectivity index (χ0n) is 11.8. The molecule has 0 bridgehead atoms. The van der Waals surface area contributed by atoms with Gasteiger partial charge >= 0.3 is 5.97 Å². The molecule has 1 aromatic heterocycles. The van der Waals surface area contributed by atoms with Crippen LogP contribution >= 0.6 is 0 Å². The summed E-state index contributed by atoms with van der Waals surface area (Å²) in [6.07, 6.45) is 0. The van der Waals surface area contributed by atoms with Crippen LogP contribution in [0.1, 0.15) is 41.5 Å². The van der Waals surface area contributed by atoms with E-state index in [1.807, 2.05) is 38.1 Å². The summed E-state index contributed by atoms with van der Waals surface area (Å²) >= 11 is 0. The van der Waals surface area contributed by atoms with Crippen LogP contribution in [0.2, 0.25) is 0 Å². The Morgan fingerprint density at radius 3 is 2.75 bits per heavy atom. The molecular weight excluding hydrogens is 256 g/mol. The number of aromatic nitrogens is 2. The molecule has 0 aliphatic rings. The number of methoxy groups -OCH3 is 1. The lowest BCUT2D eigenvalue weighted by atomic mass is 10.1. The van der Waals surface area contributed by atoms with Crippen molar-refractivity contribution >= 4 is 5.97 Å². The van der Waals surface area contributed by atoms with Crippen molar-refractivity contribution in [3.8, 4) is 5.75 Å². The number of hydrogen-bond acceptors (Lipinski definition) is 3. The molecule has 2 rings (SSSR count). The third kappa shape index (κ3) is 2.99. The van der Waals surface area contributed by atoms with Gasteiger partial charge in [0.1, 0.15) is 5.75 Å². The standard InChI is InChI=1S/C15H18N2O3/c1-10(2)14-8-13(15(18)19)16-17(14)9-11-5-4-6-12(7-11)20-3/h4-8,10H,9H2,1-3H3,(H,18,19). The Morgan fingerprint density at radius 2 is 2.15 bits per heavy atom. The summed E-state index contributed by atoms with van der Waals surface area (Å²) in [5.74, 6) is -0.0169. The van der Waals surface area contributed by atoms with Crippen LogP contribution in [0.3, 0.4) is 0 Å². The highest BCUT2D eigenvalue weighted by molar-refractivity contribution is 5.85. The fourth-order valence-electron chi connectivity index (χ4n) is 2.07. The van der Waals surface area contributed by atoms with Gasteiger partial charge in [-0.15, -0.1) is 0 Å². The molecule has 2 aromatic rings. The van der Waals surface area contributed by atoms with Crippen molar-refractivity contribution in [3.63, 3.8) is 0 Å². The van der Waals surface area contributed by atoms with E-state index in [0.717, 1.165) is 17.0 Å². The van der Waals surface area contributed by atoms with E-state index in [2.05, 4.69) is 5.10 Å². The van der Waals surface area contributed by atoms with E-state index in [1.54, 1.807) is 17.9 Å². The Morgan fingerprint density at radius 1 is 1.40 bits per heavy atom. The first-order valence-corrected chi connectivity index (χ1v) is 6.45. The van der Waals surface area contributed by atoms with E-state index in [4.69, 9.17) is 9.84 Å². The van der Waals surface area contributed by atoms with Crippen LogP contribution in [-0.4, -0.2) is 28.0 Å². The molecule has 5 heteroatoms. The number of hydrogen-bond donors (Lipinski definition) is 1. The summed E-state index contributed by atoms with van der Waals surface area (Å²) in [5.41, 5.74) is 2.01. The van der Waals surface area contributed by atoms with Crippen molar-refractivity contribution in [2.45, 2.75) is 26.3 Å². The zero-order chi connectivity index (χ0) is 14.7. The van der Waals surface area contributed by atoms with Crippen LogP contribution in [0, 0.1) is 0 Å². The van der Waals surface area contributed by atoms with Gasteiger partial charge in [-0.1, -0.05) is 26.0 Å². The van der Waals surface area contributed by atoms with E-state index in [-0.39, 0.29) is 11.6 Å². The summed E-state index contributed by atoms with van der Waals surface area (Å²) < 4.78 is 6.93. The summed E-state index contributed by atoms with van der Waals surface area (Å²) in [6.45, 7) is 4.56. The third-order valence-corrected chi connectivity index (χ3v) is 3.09. The minimum absolute atomic E-state index is 0.0802. The molecule has 0 radical (unpaired) electrons. The van der Waals surface area contributed by atoms with Crippen molar-refractivity contribution < 1.29 is 14.6 Å². The Hall–Kier alpha value is -2.30. The maximum Gasteiger partial charge on any atom is 0.356 e. The van der Waals surface area contributed by atoms with E-state index in [1.165, 1.54) is 0 Å². The Bertz CT molecular complexity index is 617. The normalized spacial score (nSPS) is 10.8. The lowest BCUT2D eigenvalue weighted by Gasteiger charge is -2.10. The van der Waals surface area contributed by atoms with Crippen LogP contribution in [0.5, 0.6) is 5.75 Å². The second-order valence-electron chi connectivity index (χ2n) is 4.92. The van der Waals surface area contributed by atoms with Crippen LogP contribution in [-0.2, 0) is 6.54 Å². The van der Waals surface area contributed by atoms with Gasteiger partial charge in [-0.2, -0.15) is 5.10 Å². The molecule has 0 aliphatic heterocycles. The molecule has 0 saturated heterocycles. The molecule has 20 heavy (non-hydrogen) atoms. The Balaban J connectivity index is 2.34. The molecule has 0 spiro atoms. The fraction of sp³-hybridized carbons (Fsp3) is 0.333. The number of benzene rings is 1. The molecule has 1 heterocycles. The number of carboxylic acids is 1. The highest BCUT2D eigenvalue weighted by Crippen LogP contribution is 2.19. The number of aromatic carboxylic acids is 1. The van der Waals surface area contributed by atoms with Gasteiger partial charge in [0.25, 0.3) is 0 Å². The Kier molecular flexibility index (Phi) is 4.08. The van der Waals surface area contributed by atoms with E-state index in [9.17, 15) is 4.79 Å². The molecule has 0 saturated carbocycles. The van der Waals surface area contributed by atoms with Crippen molar-refractivity contribution in [3.05, 3.63) is 47.3 Å². The smallest absolute Gasteiger partial charge is 0.356 e. The minimum Gasteiger partial charge on any atom is -0.497 e. The van der Waals surface area contributed by atoms with Gasteiger partial charge in [-0.25, -0.2) is 4.79 Å². The first-order chi connectivity index (χ1) is 9.51. The van der Waals surface area contributed by atoms with Crippen LogP contribution in [0.4, 0.5) is 0 Å². The lowest BCUT2D eigenvalue weighted by Crippen LogP contribution is -2.08. The second-order valence-corrected chi connectivity index (χ2v) is 4.92. The number of rotatable bonds is 5. The molecule has 5 nitrogen and oxygen atoms in total. The first kappa shape index (κ1) is 14.1. The SMILES string of the molecule is COc1cccc(Cn2nc(C(=O)O)cc2C(C)C)c1. The molecule has 1 aromatic carbocycles. The molecule has 106 valence electrons. The van der Waals surface area contributed by atoms with Crippen LogP contribution in [0.25, 0.3) is 0 Å². The average Bonchev–Trinajstić information content (AvgIpc) is 2.83. The van der Waals surface area contributed by atoms with Gasteiger partial charge in [0.15, 0.2) is 5.69 Å². The Labute approximate surface area is 117 Å². The number of carboxylic acid groups (broad SMARTS) is 1. The average molecular weight is 274 g/mol. The minimum atomic E-state index is -1.00. The molecule has 1 N–H and O–H groups in total. The van der Waals surface area contributed by atoms with Gasteiger partial charge in [-0.05, 0) is 29.7 Å². The maximum atomic E-state index is 11.0. The fourth-order valence-corrected chi connectivity index (χ4v) is 2.07. The van der Waals surface area contributed by atoms with Crippen LogP contribution in [0.15, 0.2) is 30.3 Å².